The summed E-state index contributed by atoms with van der Waals surface area (Å²) in [5.74, 6) is -0.613. The molecule has 0 unspecified atom stereocenters. The second-order valence-corrected chi connectivity index (χ2v) is 4.06. The van der Waals surface area contributed by atoms with E-state index in [0.717, 1.165) is 0 Å². The van der Waals surface area contributed by atoms with Crippen molar-refractivity contribution < 1.29 is 4.79 Å². The molecule has 10 heavy (non-hydrogen) atoms. The van der Waals surface area contributed by atoms with Crippen LogP contribution in [0, 0.1) is 5.92 Å². The molecule has 1 rings (SSSR count). The molecular weight excluding hydrogens is 194 g/mol. The van der Waals surface area contributed by atoms with Crippen molar-refractivity contribution in [3.8, 4) is 0 Å². The van der Waals surface area contributed by atoms with Crippen LogP contribution >= 0.6 is 34.8 Å². The van der Waals surface area contributed by atoms with Gasteiger partial charge in [-0.15, -0.1) is 0 Å². The standard InChI is InChI=1S/C6H5Cl3O/c1-3-4(7)2-5(10)6(3,8)9/h2-3H,1H3/t3-/m1/s1. The maximum absolute atomic E-state index is 10.9. The molecule has 0 saturated heterocycles. The van der Waals surface area contributed by atoms with Crippen LogP contribution in [0.5, 0.6) is 0 Å². The second-order valence-electron chi connectivity index (χ2n) is 2.24. The Balaban J connectivity index is 2.98. The van der Waals surface area contributed by atoms with Gasteiger partial charge in [-0.3, -0.25) is 4.79 Å². The predicted octanol–water partition coefficient (Wildman–Crippen LogP) is 2.50. The third-order valence-corrected chi connectivity index (χ3v) is 3.02. The highest BCUT2D eigenvalue weighted by atomic mass is 35.5. The summed E-state index contributed by atoms with van der Waals surface area (Å²) in [4.78, 5) is 10.9. The van der Waals surface area contributed by atoms with E-state index in [1.54, 1.807) is 6.92 Å². The van der Waals surface area contributed by atoms with Crippen LogP contribution < -0.4 is 0 Å². The molecule has 1 aliphatic carbocycles. The smallest absolute Gasteiger partial charge is 0.193 e. The first-order valence-corrected chi connectivity index (χ1v) is 3.89. The van der Waals surface area contributed by atoms with E-state index in [1.165, 1.54) is 6.08 Å². The van der Waals surface area contributed by atoms with Crippen molar-refractivity contribution in [3.05, 3.63) is 11.1 Å². The van der Waals surface area contributed by atoms with Gasteiger partial charge in [0.25, 0.3) is 0 Å². The SMILES string of the molecule is C[C@@H]1C(Cl)=CC(=O)C1(Cl)Cl. The number of allylic oxidation sites excluding steroid dienone is 2. The van der Waals surface area contributed by atoms with Crippen molar-refractivity contribution in [2.24, 2.45) is 5.92 Å². The molecule has 0 aromatic rings. The predicted molar refractivity (Wildman–Crippen MR) is 42.5 cm³/mol. The van der Waals surface area contributed by atoms with E-state index in [-0.39, 0.29) is 11.7 Å². The Morgan fingerprint density at radius 1 is 1.60 bits per heavy atom. The molecule has 1 nitrogen and oxygen atoms in total. The average Bonchev–Trinajstić information content (AvgIpc) is 1.97. The summed E-state index contributed by atoms with van der Waals surface area (Å²) in [7, 11) is 0. The summed E-state index contributed by atoms with van der Waals surface area (Å²) in [5, 5.41) is 0.426. The molecule has 0 N–H and O–H groups in total. The number of hydrogen-bond donors (Lipinski definition) is 0. The normalized spacial score (nSPS) is 30.6. The largest absolute Gasteiger partial charge is 0.291 e. The molecular formula is C6H5Cl3O. The molecule has 0 amide bonds. The van der Waals surface area contributed by atoms with Crippen LogP contribution in [0.4, 0.5) is 0 Å². The van der Waals surface area contributed by atoms with Gasteiger partial charge in [-0.05, 0) is 6.08 Å². The minimum Gasteiger partial charge on any atom is -0.291 e. The van der Waals surface area contributed by atoms with E-state index in [2.05, 4.69) is 0 Å². The molecule has 0 saturated carbocycles. The fourth-order valence-corrected chi connectivity index (χ4v) is 1.45. The van der Waals surface area contributed by atoms with Crippen LogP contribution in [0.15, 0.2) is 11.1 Å². The average molecular weight is 199 g/mol. The van der Waals surface area contributed by atoms with E-state index >= 15 is 0 Å². The van der Waals surface area contributed by atoms with Crippen molar-refractivity contribution in [2.45, 2.75) is 11.3 Å². The molecule has 56 valence electrons. The van der Waals surface area contributed by atoms with Gasteiger partial charge in [0.15, 0.2) is 10.1 Å². The lowest BCUT2D eigenvalue weighted by Gasteiger charge is -2.16. The summed E-state index contributed by atoms with van der Waals surface area (Å²) in [6.07, 6.45) is 1.27. The third-order valence-electron chi connectivity index (χ3n) is 1.55. The van der Waals surface area contributed by atoms with Gasteiger partial charge in [0, 0.05) is 11.0 Å². The zero-order valence-corrected chi connectivity index (χ0v) is 7.46. The van der Waals surface area contributed by atoms with Crippen LogP contribution in [0.25, 0.3) is 0 Å². The highest BCUT2D eigenvalue weighted by Crippen LogP contribution is 2.42. The maximum Gasteiger partial charge on any atom is 0.193 e. The van der Waals surface area contributed by atoms with Gasteiger partial charge >= 0.3 is 0 Å². The molecule has 4 heteroatoms. The van der Waals surface area contributed by atoms with Gasteiger partial charge in [0.05, 0.1) is 0 Å². The molecule has 0 spiro atoms. The van der Waals surface area contributed by atoms with E-state index in [9.17, 15) is 4.79 Å². The number of ketones is 1. The van der Waals surface area contributed by atoms with Crippen LogP contribution in [0.2, 0.25) is 0 Å². The molecule has 0 aromatic carbocycles. The number of carbonyl (C=O) groups excluding carboxylic acids is 1. The van der Waals surface area contributed by atoms with Gasteiger partial charge in [-0.2, -0.15) is 0 Å². The van der Waals surface area contributed by atoms with Crippen molar-refractivity contribution >= 4 is 40.6 Å². The quantitative estimate of drug-likeness (QED) is 0.548. The first-order valence-electron chi connectivity index (χ1n) is 2.75. The van der Waals surface area contributed by atoms with E-state index in [0.29, 0.717) is 5.03 Å². The monoisotopic (exact) mass is 198 g/mol. The fourth-order valence-electron chi connectivity index (χ4n) is 0.733. The highest BCUT2D eigenvalue weighted by Gasteiger charge is 2.44. The first kappa shape index (κ1) is 8.38. The molecule has 1 aliphatic rings. The molecule has 0 radical (unpaired) electrons. The Morgan fingerprint density at radius 2 is 2.10 bits per heavy atom. The zero-order chi connectivity index (χ0) is 7.94. The lowest BCUT2D eigenvalue weighted by molar-refractivity contribution is -0.115. The Kier molecular flexibility index (Phi) is 2.01. The molecule has 0 fully saturated rings. The number of hydrogen-bond acceptors (Lipinski definition) is 1. The molecule has 0 aromatic heterocycles. The van der Waals surface area contributed by atoms with E-state index in [4.69, 9.17) is 34.8 Å². The molecule has 0 heterocycles. The Hall–Kier alpha value is 0.280. The Labute approximate surface area is 73.9 Å². The maximum atomic E-state index is 10.9. The summed E-state index contributed by atoms with van der Waals surface area (Å²) in [6, 6.07) is 0. The second kappa shape index (κ2) is 2.40. The van der Waals surface area contributed by atoms with Crippen molar-refractivity contribution in [1.82, 2.24) is 0 Å². The van der Waals surface area contributed by atoms with E-state index < -0.39 is 4.33 Å². The molecule has 0 aliphatic heterocycles. The molecule has 0 bridgehead atoms. The van der Waals surface area contributed by atoms with Crippen LogP contribution in [0.1, 0.15) is 6.92 Å². The van der Waals surface area contributed by atoms with Gasteiger partial charge in [-0.25, -0.2) is 0 Å². The number of carbonyl (C=O) groups is 1. The Bertz CT molecular complexity index is 207. The molecule has 1 atom stereocenters. The van der Waals surface area contributed by atoms with Gasteiger partial charge < -0.3 is 0 Å². The van der Waals surface area contributed by atoms with Crippen molar-refractivity contribution in [2.75, 3.05) is 0 Å². The summed E-state index contributed by atoms with van der Waals surface area (Å²) in [5.41, 5.74) is 0. The van der Waals surface area contributed by atoms with Gasteiger partial charge in [0.1, 0.15) is 0 Å². The number of halogens is 3. The summed E-state index contributed by atoms with van der Waals surface area (Å²) < 4.78 is -1.34. The van der Waals surface area contributed by atoms with Crippen molar-refractivity contribution in [3.63, 3.8) is 0 Å². The summed E-state index contributed by atoms with van der Waals surface area (Å²) in [6.45, 7) is 1.71. The topological polar surface area (TPSA) is 17.1 Å². The first-order chi connectivity index (χ1) is 4.46. The fraction of sp³-hybridized carbons (Fsp3) is 0.500. The lowest BCUT2D eigenvalue weighted by atomic mass is 10.1. The number of alkyl halides is 2. The van der Waals surface area contributed by atoms with Gasteiger partial charge in [-0.1, -0.05) is 41.7 Å². The van der Waals surface area contributed by atoms with Crippen LogP contribution in [-0.2, 0) is 4.79 Å². The van der Waals surface area contributed by atoms with Gasteiger partial charge in [0.2, 0.25) is 0 Å². The van der Waals surface area contributed by atoms with E-state index in [1.807, 2.05) is 0 Å². The third kappa shape index (κ3) is 1.07. The van der Waals surface area contributed by atoms with Crippen molar-refractivity contribution in [1.29, 1.82) is 0 Å². The lowest BCUT2D eigenvalue weighted by Crippen LogP contribution is -2.26. The number of rotatable bonds is 0. The minimum atomic E-state index is -1.34. The summed E-state index contributed by atoms with van der Waals surface area (Å²) >= 11 is 16.9. The van der Waals surface area contributed by atoms with Crippen LogP contribution in [0.3, 0.4) is 0 Å². The Morgan fingerprint density at radius 3 is 2.20 bits per heavy atom. The van der Waals surface area contributed by atoms with Crippen LogP contribution in [-0.4, -0.2) is 10.1 Å². The highest BCUT2D eigenvalue weighted by molar-refractivity contribution is 6.61. The minimum absolute atomic E-state index is 0.287. The zero-order valence-electron chi connectivity index (χ0n) is 5.20.